The van der Waals surface area contributed by atoms with E-state index in [1.807, 2.05) is 13.8 Å². The fourth-order valence-electron chi connectivity index (χ4n) is 1.72. The molecule has 0 aliphatic carbocycles. The molecule has 0 saturated carbocycles. The van der Waals surface area contributed by atoms with Crippen molar-refractivity contribution < 1.29 is 9.53 Å². The Hall–Kier alpha value is -1.43. The Bertz CT molecular complexity index is 353. The number of carbonyl (C=O) groups excluding carboxylic acids is 1. The van der Waals surface area contributed by atoms with Crippen molar-refractivity contribution in [2.75, 3.05) is 13.7 Å². The number of carbonyl (C=O) groups is 1. The molecular weight excluding hydrogens is 232 g/mol. The maximum absolute atomic E-state index is 11.8. The normalized spacial score (nSPS) is 14.2. The lowest BCUT2D eigenvalue weighted by molar-refractivity contribution is -0.150. The first-order chi connectivity index (χ1) is 8.62. The van der Waals surface area contributed by atoms with Crippen LogP contribution in [0.4, 0.5) is 0 Å². The summed E-state index contributed by atoms with van der Waals surface area (Å²) < 4.78 is 6.86. The van der Waals surface area contributed by atoms with Crippen molar-refractivity contribution in [2.45, 2.75) is 45.2 Å². The maximum atomic E-state index is 11.8. The Morgan fingerprint density at radius 3 is 2.83 bits per heavy atom. The molecule has 1 rings (SSSR count). The minimum Gasteiger partial charge on any atom is -0.465 e. The number of aromatic nitrogens is 3. The highest BCUT2D eigenvalue weighted by molar-refractivity contribution is 5.80. The summed E-state index contributed by atoms with van der Waals surface area (Å²) in [4.78, 5) is 15.7. The number of aryl methyl sites for hydroxylation is 1. The fraction of sp³-hybridized carbons (Fsp3) is 0.750. The van der Waals surface area contributed by atoms with Gasteiger partial charge in [-0.2, -0.15) is 5.10 Å². The average molecular weight is 254 g/mol. The highest BCUT2D eigenvalue weighted by atomic mass is 16.5. The van der Waals surface area contributed by atoms with Gasteiger partial charge in [-0.1, -0.05) is 0 Å². The lowest BCUT2D eigenvalue weighted by Crippen LogP contribution is -2.48. The number of nitrogens with zero attached hydrogens (tertiary/aromatic N) is 3. The molecule has 0 amide bonds. The van der Waals surface area contributed by atoms with E-state index in [2.05, 4.69) is 15.4 Å². The molecule has 0 saturated heterocycles. The summed E-state index contributed by atoms with van der Waals surface area (Å²) in [5.74, 6) is -0.187. The van der Waals surface area contributed by atoms with E-state index in [9.17, 15) is 4.79 Å². The Morgan fingerprint density at radius 2 is 2.28 bits per heavy atom. The molecule has 1 atom stereocenters. The zero-order valence-electron chi connectivity index (χ0n) is 11.3. The van der Waals surface area contributed by atoms with Gasteiger partial charge in [-0.15, -0.1) is 0 Å². The number of likely N-dealkylation sites (N-methyl/N-ethyl adjacent to an activating group) is 1. The standard InChI is InChI=1S/C12H22N4O2/c1-4-18-11(17)12(2,13-3)7-5-6-8-16-10-14-9-15-16/h9-10,13H,4-8H2,1-3H3. The highest BCUT2D eigenvalue weighted by Crippen LogP contribution is 2.15. The van der Waals surface area contributed by atoms with E-state index in [0.29, 0.717) is 6.61 Å². The molecule has 1 aromatic rings. The number of hydrogen-bond acceptors (Lipinski definition) is 5. The average Bonchev–Trinajstić information content (AvgIpc) is 2.87. The predicted molar refractivity (Wildman–Crippen MR) is 68.0 cm³/mol. The minimum atomic E-state index is -0.599. The third-order valence-corrected chi connectivity index (χ3v) is 3.06. The molecule has 1 unspecified atom stereocenters. The van der Waals surface area contributed by atoms with Gasteiger partial charge in [-0.25, -0.2) is 4.98 Å². The van der Waals surface area contributed by atoms with Gasteiger partial charge < -0.3 is 10.1 Å². The zero-order chi connectivity index (χ0) is 13.4. The second-order valence-electron chi connectivity index (χ2n) is 4.42. The van der Waals surface area contributed by atoms with Crippen molar-refractivity contribution in [1.29, 1.82) is 0 Å². The van der Waals surface area contributed by atoms with Crippen molar-refractivity contribution in [3.05, 3.63) is 12.7 Å². The molecule has 0 spiro atoms. The highest BCUT2D eigenvalue weighted by Gasteiger charge is 2.32. The number of rotatable bonds is 8. The lowest BCUT2D eigenvalue weighted by atomic mass is 9.95. The van der Waals surface area contributed by atoms with Gasteiger partial charge in [-0.05, 0) is 40.2 Å². The summed E-state index contributed by atoms with van der Waals surface area (Å²) in [7, 11) is 1.79. The SMILES string of the molecule is CCOC(=O)C(C)(CCCCn1cncn1)NC. The van der Waals surface area contributed by atoms with E-state index in [4.69, 9.17) is 4.74 Å². The van der Waals surface area contributed by atoms with Gasteiger partial charge in [0.25, 0.3) is 0 Å². The van der Waals surface area contributed by atoms with Crippen LogP contribution in [0.15, 0.2) is 12.7 Å². The monoisotopic (exact) mass is 254 g/mol. The lowest BCUT2D eigenvalue weighted by Gasteiger charge is -2.26. The number of unbranched alkanes of at least 4 members (excludes halogenated alkanes) is 1. The number of hydrogen-bond donors (Lipinski definition) is 1. The quantitative estimate of drug-likeness (QED) is 0.553. The summed E-state index contributed by atoms with van der Waals surface area (Å²) in [5.41, 5.74) is -0.599. The molecule has 1 N–H and O–H groups in total. The zero-order valence-corrected chi connectivity index (χ0v) is 11.3. The predicted octanol–water partition coefficient (Wildman–Crippen LogP) is 0.990. The van der Waals surface area contributed by atoms with Crippen molar-refractivity contribution in [1.82, 2.24) is 20.1 Å². The van der Waals surface area contributed by atoms with Crippen LogP contribution in [0.25, 0.3) is 0 Å². The van der Waals surface area contributed by atoms with Crippen LogP contribution in [0.2, 0.25) is 0 Å². The Balaban J connectivity index is 2.32. The Morgan fingerprint density at radius 1 is 1.50 bits per heavy atom. The summed E-state index contributed by atoms with van der Waals surface area (Å²) in [6.07, 6.45) is 5.85. The van der Waals surface area contributed by atoms with Gasteiger partial charge in [0, 0.05) is 6.54 Å². The molecule has 0 fully saturated rings. The molecule has 1 aromatic heterocycles. The van der Waals surface area contributed by atoms with E-state index in [1.165, 1.54) is 6.33 Å². The Labute approximate surface area is 108 Å². The van der Waals surface area contributed by atoms with Crippen LogP contribution in [-0.4, -0.2) is 39.9 Å². The number of ether oxygens (including phenoxy) is 1. The molecule has 0 aliphatic rings. The van der Waals surface area contributed by atoms with Gasteiger partial charge >= 0.3 is 5.97 Å². The van der Waals surface area contributed by atoms with E-state index < -0.39 is 5.54 Å². The van der Waals surface area contributed by atoms with Gasteiger partial charge in [0.05, 0.1) is 6.61 Å². The summed E-state index contributed by atoms with van der Waals surface area (Å²) in [6.45, 7) is 4.93. The second-order valence-corrected chi connectivity index (χ2v) is 4.42. The third kappa shape index (κ3) is 4.10. The van der Waals surface area contributed by atoms with Gasteiger partial charge in [0.2, 0.25) is 0 Å². The first-order valence-corrected chi connectivity index (χ1v) is 6.31. The molecule has 6 nitrogen and oxygen atoms in total. The molecule has 0 aliphatic heterocycles. The molecule has 102 valence electrons. The van der Waals surface area contributed by atoms with Gasteiger partial charge in [0.1, 0.15) is 18.2 Å². The van der Waals surface area contributed by atoms with Crippen LogP contribution in [0, 0.1) is 0 Å². The van der Waals surface area contributed by atoms with Gasteiger partial charge in [0.15, 0.2) is 0 Å². The molecule has 0 bridgehead atoms. The summed E-state index contributed by atoms with van der Waals surface area (Å²) in [6, 6.07) is 0. The van der Waals surface area contributed by atoms with Crippen molar-refractivity contribution in [3.63, 3.8) is 0 Å². The van der Waals surface area contributed by atoms with Crippen molar-refractivity contribution in [2.24, 2.45) is 0 Å². The van der Waals surface area contributed by atoms with E-state index >= 15 is 0 Å². The smallest absolute Gasteiger partial charge is 0.326 e. The molecule has 6 heteroatoms. The van der Waals surface area contributed by atoms with E-state index in [-0.39, 0.29) is 5.97 Å². The van der Waals surface area contributed by atoms with Crippen LogP contribution >= 0.6 is 0 Å². The van der Waals surface area contributed by atoms with Crippen molar-refractivity contribution >= 4 is 5.97 Å². The first kappa shape index (κ1) is 14.6. The molecule has 1 heterocycles. The Kier molecular flexibility index (Phi) is 5.77. The largest absolute Gasteiger partial charge is 0.465 e. The summed E-state index contributed by atoms with van der Waals surface area (Å²) in [5, 5.41) is 7.08. The molecule has 0 aromatic carbocycles. The first-order valence-electron chi connectivity index (χ1n) is 6.31. The molecule has 0 radical (unpaired) electrons. The van der Waals surface area contributed by atoms with Crippen LogP contribution in [-0.2, 0) is 16.1 Å². The van der Waals surface area contributed by atoms with Crippen LogP contribution < -0.4 is 5.32 Å². The molecular formula is C12H22N4O2. The van der Waals surface area contributed by atoms with Crippen LogP contribution in [0.3, 0.4) is 0 Å². The second kappa shape index (κ2) is 7.10. The van der Waals surface area contributed by atoms with E-state index in [1.54, 1.807) is 18.1 Å². The van der Waals surface area contributed by atoms with Gasteiger partial charge in [-0.3, -0.25) is 9.48 Å². The third-order valence-electron chi connectivity index (χ3n) is 3.06. The number of nitrogens with one attached hydrogen (secondary N) is 1. The molecule has 18 heavy (non-hydrogen) atoms. The van der Waals surface area contributed by atoms with Crippen LogP contribution in [0.5, 0.6) is 0 Å². The maximum Gasteiger partial charge on any atom is 0.326 e. The minimum absolute atomic E-state index is 0.187. The fourth-order valence-corrected chi connectivity index (χ4v) is 1.72. The number of esters is 1. The topological polar surface area (TPSA) is 69.0 Å². The van der Waals surface area contributed by atoms with Crippen molar-refractivity contribution in [3.8, 4) is 0 Å². The van der Waals surface area contributed by atoms with Crippen LogP contribution in [0.1, 0.15) is 33.1 Å². The van der Waals surface area contributed by atoms with E-state index in [0.717, 1.165) is 25.8 Å². The summed E-state index contributed by atoms with van der Waals surface area (Å²) >= 11 is 0.